The van der Waals surface area contributed by atoms with Crippen molar-refractivity contribution in [2.75, 3.05) is 27.2 Å². The van der Waals surface area contributed by atoms with Gasteiger partial charge in [0, 0.05) is 15.5 Å². The zero-order valence-electron chi connectivity index (χ0n) is 10.6. The van der Waals surface area contributed by atoms with Crippen molar-refractivity contribution >= 4 is 27.5 Å². The highest BCUT2D eigenvalue weighted by atomic mass is 79.9. The third kappa shape index (κ3) is 4.96. The van der Waals surface area contributed by atoms with Crippen LogP contribution in [0, 0.1) is 0 Å². The Labute approximate surface area is 117 Å². The van der Waals surface area contributed by atoms with Crippen molar-refractivity contribution in [2.24, 2.45) is 0 Å². The van der Waals surface area contributed by atoms with Crippen molar-refractivity contribution < 1.29 is 0 Å². The highest BCUT2D eigenvalue weighted by Crippen LogP contribution is 2.28. The molecule has 1 atom stereocenters. The van der Waals surface area contributed by atoms with Gasteiger partial charge in [-0.25, -0.2) is 0 Å². The number of benzene rings is 1. The molecule has 0 fully saturated rings. The van der Waals surface area contributed by atoms with E-state index in [1.807, 2.05) is 12.1 Å². The SMILES string of the molecule is CCNC(CCN(C)C)c1ccc(Br)cc1Cl. The van der Waals surface area contributed by atoms with Gasteiger partial charge >= 0.3 is 0 Å². The minimum atomic E-state index is 0.322. The second-order valence-corrected chi connectivity index (χ2v) is 5.69. The van der Waals surface area contributed by atoms with Crippen molar-refractivity contribution in [1.82, 2.24) is 10.2 Å². The Morgan fingerprint density at radius 3 is 2.65 bits per heavy atom. The molecule has 1 aromatic carbocycles. The third-order valence-corrected chi connectivity index (χ3v) is 3.47. The molecule has 1 unspecified atom stereocenters. The molecule has 0 aromatic heterocycles. The number of rotatable bonds is 6. The van der Waals surface area contributed by atoms with Gasteiger partial charge in [-0.1, -0.05) is 40.5 Å². The first-order valence-corrected chi connectivity index (χ1v) is 7.04. The molecule has 0 radical (unpaired) electrons. The van der Waals surface area contributed by atoms with Crippen LogP contribution in [0.25, 0.3) is 0 Å². The average molecular weight is 320 g/mol. The highest BCUT2D eigenvalue weighted by molar-refractivity contribution is 9.10. The molecule has 0 bridgehead atoms. The monoisotopic (exact) mass is 318 g/mol. The summed E-state index contributed by atoms with van der Waals surface area (Å²) >= 11 is 9.73. The normalized spacial score (nSPS) is 13.1. The number of halogens is 2. The minimum Gasteiger partial charge on any atom is -0.310 e. The molecule has 1 aromatic rings. The Hall–Kier alpha value is -0.0900. The van der Waals surface area contributed by atoms with E-state index in [1.165, 1.54) is 5.56 Å². The summed E-state index contributed by atoms with van der Waals surface area (Å²) in [6, 6.07) is 6.41. The molecule has 0 saturated carbocycles. The fraction of sp³-hybridized carbons (Fsp3) is 0.538. The summed E-state index contributed by atoms with van der Waals surface area (Å²) in [7, 11) is 4.18. The van der Waals surface area contributed by atoms with Gasteiger partial charge in [0.2, 0.25) is 0 Å². The van der Waals surface area contributed by atoms with Gasteiger partial charge < -0.3 is 10.2 Å². The summed E-state index contributed by atoms with van der Waals surface area (Å²) in [4.78, 5) is 2.19. The summed E-state index contributed by atoms with van der Waals surface area (Å²) in [6.45, 7) is 4.12. The molecule has 17 heavy (non-hydrogen) atoms. The summed E-state index contributed by atoms with van der Waals surface area (Å²) < 4.78 is 1.02. The molecule has 96 valence electrons. The Morgan fingerprint density at radius 2 is 2.12 bits per heavy atom. The van der Waals surface area contributed by atoms with Gasteiger partial charge in [-0.2, -0.15) is 0 Å². The van der Waals surface area contributed by atoms with Gasteiger partial charge in [0.15, 0.2) is 0 Å². The van der Waals surface area contributed by atoms with Crippen molar-refractivity contribution in [3.05, 3.63) is 33.3 Å². The molecule has 2 nitrogen and oxygen atoms in total. The number of nitrogens with one attached hydrogen (secondary N) is 1. The fourth-order valence-corrected chi connectivity index (χ4v) is 2.59. The van der Waals surface area contributed by atoms with E-state index in [4.69, 9.17) is 11.6 Å². The van der Waals surface area contributed by atoms with Crippen LogP contribution in [0.3, 0.4) is 0 Å². The summed E-state index contributed by atoms with van der Waals surface area (Å²) in [6.07, 6.45) is 1.06. The molecule has 0 aliphatic rings. The molecule has 0 aliphatic carbocycles. The van der Waals surface area contributed by atoms with E-state index < -0.39 is 0 Å². The maximum Gasteiger partial charge on any atom is 0.0465 e. The first-order chi connectivity index (χ1) is 8.04. The Balaban J connectivity index is 2.81. The smallest absolute Gasteiger partial charge is 0.0465 e. The van der Waals surface area contributed by atoms with Crippen LogP contribution >= 0.6 is 27.5 Å². The third-order valence-electron chi connectivity index (χ3n) is 2.65. The van der Waals surface area contributed by atoms with Gasteiger partial charge in [0.25, 0.3) is 0 Å². The Kier molecular flexibility index (Phi) is 6.49. The van der Waals surface area contributed by atoms with Crippen LogP contribution in [0.2, 0.25) is 5.02 Å². The molecule has 0 saturated heterocycles. The van der Waals surface area contributed by atoms with Crippen molar-refractivity contribution in [3.8, 4) is 0 Å². The topological polar surface area (TPSA) is 15.3 Å². The minimum absolute atomic E-state index is 0.322. The molecular formula is C13H20BrClN2. The van der Waals surface area contributed by atoms with Crippen LogP contribution in [0.15, 0.2) is 22.7 Å². The predicted octanol–water partition coefficient (Wildman–Crippen LogP) is 3.70. The van der Waals surface area contributed by atoms with Crippen molar-refractivity contribution in [3.63, 3.8) is 0 Å². The first-order valence-electron chi connectivity index (χ1n) is 5.87. The van der Waals surface area contributed by atoms with E-state index in [9.17, 15) is 0 Å². The van der Waals surface area contributed by atoms with E-state index in [2.05, 4.69) is 53.2 Å². The molecular weight excluding hydrogens is 300 g/mol. The second kappa shape index (κ2) is 7.37. The standard InChI is InChI=1S/C13H20BrClN2/c1-4-16-13(7-8-17(2)3)11-6-5-10(14)9-12(11)15/h5-6,9,13,16H,4,7-8H2,1-3H3. The lowest BCUT2D eigenvalue weighted by atomic mass is 10.0. The van der Waals surface area contributed by atoms with Gasteiger partial charge in [-0.05, 0) is 51.3 Å². The molecule has 0 aliphatic heterocycles. The van der Waals surface area contributed by atoms with Crippen molar-refractivity contribution in [2.45, 2.75) is 19.4 Å². The van der Waals surface area contributed by atoms with Gasteiger partial charge in [0.05, 0.1) is 0 Å². The van der Waals surface area contributed by atoms with Gasteiger partial charge in [-0.3, -0.25) is 0 Å². The summed E-state index contributed by atoms with van der Waals surface area (Å²) in [5.41, 5.74) is 1.18. The fourth-order valence-electron chi connectivity index (χ4n) is 1.79. The number of nitrogens with zero attached hydrogens (tertiary/aromatic N) is 1. The molecule has 1 N–H and O–H groups in total. The molecule has 4 heteroatoms. The maximum atomic E-state index is 6.29. The largest absolute Gasteiger partial charge is 0.310 e. The Bertz CT molecular complexity index is 355. The van der Waals surface area contributed by atoms with E-state index in [1.54, 1.807) is 0 Å². The van der Waals surface area contributed by atoms with Crippen LogP contribution in [0.5, 0.6) is 0 Å². The van der Waals surface area contributed by atoms with Crippen LogP contribution < -0.4 is 5.32 Å². The first kappa shape index (κ1) is 15.0. The maximum absolute atomic E-state index is 6.29. The van der Waals surface area contributed by atoms with E-state index >= 15 is 0 Å². The van der Waals surface area contributed by atoms with Crippen molar-refractivity contribution in [1.29, 1.82) is 0 Å². The molecule has 0 amide bonds. The lowest BCUT2D eigenvalue weighted by molar-refractivity contribution is 0.363. The number of hydrogen-bond donors (Lipinski definition) is 1. The van der Waals surface area contributed by atoms with Crippen LogP contribution in [0.4, 0.5) is 0 Å². The van der Waals surface area contributed by atoms with Crippen LogP contribution in [-0.2, 0) is 0 Å². The average Bonchev–Trinajstić information content (AvgIpc) is 2.24. The quantitative estimate of drug-likeness (QED) is 0.860. The van der Waals surface area contributed by atoms with E-state index in [0.29, 0.717) is 6.04 Å². The van der Waals surface area contributed by atoms with E-state index in [-0.39, 0.29) is 0 Å². The highest BCUT2D eigenvalue weighted by Gasteiger charge is 2.13. The summed E-state index contributed by atoms with van der Waals surface area (Å²) in [5, 5.41) is 4.31. The lowest BCUT2D eigenvalue weighted by Gasteiger charge is -2.21. The zero-order chi connectivity index (χ0) is 12.8. The second-order valence-electron chi connectivity index (χ2n) is 4.37. The Morgan fingerprint density at radius 1 is 1.41 bits per heavy atom. The zero-order valence-corrected chi connectivity index (χ0v) is 13.0. The van der Waals surface area contributed by atoms with E-state index in [0.717, 1.165) is 29.0 Å². The summed E-state index contributed by atoms with van der Waals surface area (Å²) in [5.74, 6) is 0. The molecule has 0 heterocycles. The molecule has 1 rings (SSSR count). The van der Waals surface area contributed by atoms with Crippen LogP contribution in [0.1, 0.15) is 24.9 Å². The van der Waals surface area contributed by atoms with Gasteiger partial charge in [0.1, 0.15) is 0 Å². The predicted molar refractivity (Wildman–Crippen MR) is 78.7 cm³/mol. The van der Waals surface area contributed by atoms with Gasteiger partial charge in [-0.15, -0.1) is 0 Å². The number of hydrogen-bond acceptors (Lipinski definition) is 2. The molecule has 0 spiro atoms. The van der Waals surface area contributed by atoms with Crippen LogP contribution in [-0.4, -0.2) is 32.1 Å². The lowest BCUT2D eigenvalue weighted by Crippen LogP contribution is -2.25.